The molecule has 0 radical (unpaired) electrons. The quantitative estimate of drug-likeness (QED) is 0.898. The molecule has 1 saturated carbocycles. The maximum absolute atomic E-state index is 11.5. The minimum Gasteiger partial charge on any atom is -0.490 e. The molecule has 1 fully saturated rings. The van der Waals surface area contributed by atoms with E-state index in [9.17, 15) is 4.79 Å². The molecule has 3 rings (SSSR count). The molecule has 0 bridgehead atoms. The molecule has 1 heterocycles. The number of aryl methyl sites for hydroxylation is 1. The number of carbonyl (C=O) groups is 1. The number of rotatable bonds is 4. The Kier molecular flexibility index (Phi) is 4.02. The first-order valence-corrected chi connectivity index (χ1v) is 7.68. The predicted molar refractivity (Wildman–Crippen MR) is 85.0 cm³/mol. The van der Waals surface area contributed by atoms with E-state index in [0.717, 1.165) is 30.4 Å². The topological polar surface area (TPSA) is 82.2 Å². The molecule has 22 heavy (non-hydrogen) atoms. The Labute approximate surface area is 129 Å². The van der Waals surface area contributed by atoms with Crippen molar-refractivity contribution in [3.63, 3.8) is 0 Å². The first kappa shape index (κ1) is 14.8. The van der Waals surface area contributed by atoms with Gasteiger partial charge in [-0.2, -0.15) is 5.10 Å². The molecule has 2 atom stereocenters. The van der Waals surface area contributed by atoms with E-state index < -0.39 is 5.91 Å². The zero-order valence-corrected chi connectivity index (χ0v) is 13.0. The maximum atomic E-state index is 11.5. The van der Waals surface area contributed by atoms with Crippen LogP contribution in [0.5, 0.6) is 5.75 Å². The molecule has 2 unspecified atom stereocenters. The zero-order valence-electron chi connectivity index (χ0n) is 13.0. The SMILES string of the molecule is CNC1CCCC(Oc2ccc(C(N)=O)c3nn(C)cc23)C1. The van der Waals surface area contributed by atoms with Crippen molar-refractivity contribution in [3.8, 4) is 5.75 Å². The molecule has 2 aromatic rings. The van der Waals surface area contributed by atoms with Crippen LogP contribution in [0.1, 0.15) is 36.0 Å². The average Bonchev–Trinajstić information content (AvgIpc) is 2.89. The molecular weight excluding hydrogens is 280 g/mol. The van der Waals surface area contributed by atoms with Crippen LogP contribution in [-0.4, -0.2) is 34.9 Å². The summed E-state index contributed by atoms with van der Waals surface area (Å²) in [6, 6.07) is 4.03. The summed E-state index contributed by atoms with van der Waals surface area (Å²) in [7, 11) is 3.82. The molecule has 0 aliphatic heterocycles. The van der Waals surface area contributed by atoms with Gasteiger partial charge in [0.15, 0.2) is 0 Å². The molecule has 1 aliphatic rings. The van der Waals surface area contributed by atoms with Crippen molar-refractivity contribution in [3.05, 3.63) is 23.9 Å². The van der Waals surface area contributed by atoms with Crippen LogP contribution in [0.25, 0.3) is 10.9 Å². The van der Waals surface area contributed by atoms with Crippen molar-refractivity contribution in [2.75, 3.05) is 7.05 Å². The summed E-state index contributed by atoms with van der Waals surface area (Å²) in [4.78, 5) is 11.5. The summed E-state index contributed by atoms with van der Waals surface area (Å²) in [6.07, 6.45) is 6.46. The molecule has 1 aromatic heterocycles. The summed E-state index contributed by atoms with van der Waals surface area (Å²) in [6.45, 7) is 0. The van der Waals surface area contributed by atoms with Gasteiger partial charge in [-0.1, -0.05) is 0 Å². The van der Waals surface area contributed by atoms with Crippen LogP contribution in [-0.2, 0) is 7.05 Å². The van der Waals surface area contributed by atoms with Crippen LogP contribution in [0.4, 0.5) is 0 Å². The Morgan fingerprint density at radius 1 is 1.45 bits per heavy atom. The highest BCUT2D eigenvalue weighted by atomic mass is 16.5. The van der Waals surface area contributed by atoms with Gasteiger partial charge in [-0.3, -0.25) is 9.48 Å². The molecule has 6 heteroatoms. The van der Waals surface area contributed by atoms with E-state index in [2.05, 4.69) is 10.4 Å². The van der Waals surface area contributed by atoms with E-state index in [4.69, 9.17) is 10.5 Å². The minimum atomic E-state index is -0.469. The molecule has 1 aliphatic carbocycles. The smallest absolute Gasteiger partial charge is 0.250 e. The molecular formula is C16H22N4O2. The fraction of sp³-hybridized carbons (Fsp3) is 0.500. The fourth-order valence-electron chi connectivity index (χ4n) is 3.19. The van der Waals surface area contributed by atoms with Crippen LogP contribution in [0.2, 0.25) is 0 Å². The monoisotopic (exact) mass is 302 g/mol. The van der Waals surface area contributed by atoms with Crippen molar-refractivity contribution in [2.24, 2.45) is 12.8 Å². The second-order valence-electron chi connectivity index (χ2n) is 5.93. The third-order valence-corrected chi connectivity index (χ3v) is 4.34. The Morgan fingerprint density at radius 3 is 3.00 bits per heavy atom. The predicted octanol–water partition coefficient (Wildman–Crippen LogP) is 1.58. The lowest BCUT2D eigenvalue weighted by Gasteiger charge is -2.29. The van der Waals surface area contributed by atoms with E-state index in [1.807, 2.05) is 26.4 Å². The van der Waals surface area contributed by atoms with Gasteiger partial charge in [0.25, 0.3) is 5.91 Å². The summed E-state index contributed by atoms with van der Waals surface area (Å²) >= 11 is 0. The van der Waals surface area contributed by atoms with Crippen molar-refractivity contribution < 1.29 is 9.53 Å². The van der Waals surface area contributed by atoms with Crippen LogP contribution in [0.3, 0.4) is 0 Å². The third-order valence-electron chi connectivity index (χ3n) is 4.34. The molecule has 0 saturated heterocycles. The number of hydrogen-bond acceptors (Lipinski definition) is 4. The minimum absolute atomic E-state index is 0.189. The molecule has 3 N–H and O–H groups in total. The fourth-order valence-corrected chi connectivity index (χ4v) is 3.19. The van der Waals surface area contributed by atoms with Crippen LogP contribution >= 0.6 is 0 Å². The van der Waals surface area contributed by atoms with Gasteiger partial charge in [0.1, 0.15) is 17.4 Å². The molecule has 1 amide bonds. The lowest BCUT2D eigenvalue weighted by molar-refractivity contribution is 0.100. The van der Waals surface area contributed by atoms with E-state index in [-0.39, 0.29) is 6.10 Å². The number of nitrogens with one attached hydrogen (secondary N) is 1. The van der Waals surface area contributed by atoms with Gasteiger partial charge in [0.05, 0.1) is 10.9 Å². The highest BCUT2D eigenvalue weighted by Gasteiger charge is 2.23. The lowest BCUT2D eigenvalue weighted by Crippen LogP contribution is -2.36. The largest absolute Gasteiger partial charge is 0.490 e. The first-order chi connectivity index (χ1) is 10.6. The molecule has 1 aromatic carbocycles. The van der Waals surface area contributed by atoms with Crippen molar-refractivity contribution in [1.82, 2.24) is 15.1 Å². The number of hydrogen-bond donors (Lipinski definition) is 2. The number of amides is 1. The standard InChI is InChI=1S/C16H22N4O2/c1-18-10-4-3-5-11(8-10)22-14-7-6-12(16(17)21)15-13(14)9-20(2)19-15/h6-7,9-11,18H,3-5,8H2,1-2H3,(H2,17,21). The number of primary amides is 1. The summed E-state index contributed by atoms with van der Waals surface area (Å²) in [5.41, 5.74) is 6.46. The van der Waals surface area contributed by atoms with Crippen molar-refractivity contribution in [2.45, 2.75) is 37.8 Å². The highest BCUT2D eigenvalue weighted by Crippen LogP contribution is 2.31. The van der Waals surface area contributed by atoms with Gasteiger partial charge < -0.3 is 15.8 Å². The number of aromatic nitrogens is 2. The van der Waals surface area contributed by atoms with Gasteiger partial charge in [-0.05, 0) is 44.9 Å². The maximum Gasteiger partial charge on any atom is 0.250 e. The lowest BCUT2D eigenvalue weighted by atomic mass is 9.93. The third kappa shape index (κ3) is 2.78. The zero-order chi connectivity index (χ0) is 15.7. The van der Waals surface area contributed by atoms with E-state index in [1.54, 1.807) is 10.7 Å². The van der Waals surface area contributed by atoms with E-state index in [0.29, 0.717) is 17.1 Å². The molecule has 118 valence electrons. The van der Waals surface area contributed by atoms with Crippen LogP contribution in [0, 0.1) is 0 Å². The normalized spacial score (nSPS) is 21.9. The van der Waals surface area contributed by atoms with Crippen molar-refractivity contribution in [1.29, 1.82) is 0 Å². The van der Waals surface area contributed by atoms with Gasteiger partial charge in [-0.15, -0.1) is 0 Å². The highest BCUT2D eigenvalue weighted by molar-refractivity contribution is 6.06. The summed E-state index contributed by atoms with van der Waals surface area (Å²) in [5.74, 6) is 0.304. The van der Waals surface area contributed by atoms with Gasteiger partial charge >= 0.3 is 0 Å². The summed E-state index contributed by atoms with van der Waals surface area (Å²) < 4.78 is 7.89. The molecule has 6 nitrogen and oxygen atoms in total. The average molecular weight is 302 g/mol. The Bertz CT molecular complexity index is 695. The van der Waals surface area contributed by atoms with Gasteiger partial charge in [0.2, 0.25) is 0 Å². The molecule has 0 spiro atoms. The second-order valence-corrected chi connectivity index (χ2v) is 5.93. The van der Waals surface area contributed by atoms with E-state index in [1.165, 1.54) is 6.42 Å². The Balaban J connectivity index is 1.91. The number of benzene rings is 1. The summed E-state index contributed by atoms with van der Waals surface area (Å²) in [5, 5.41) is 8.51. The van der Waals surface area contributed by atoms with Crippen LogP contribution in [0.15, 0.2) is 18.3 Å². The Hall–Kier alpha value is -2.08. The number of ether oxygens (including phenoxy) is 1. The van der Waals surface area contributed by atoms with Crippen LogP contribution < -0.4 is 15.8 Å². The van der Waals surface area contributed by atoms with Gasteiger partial charge in [0, 0.05) is 19.3 Å². The number of fused-ring (bicyclic) bond motifs is 1. The number of nitrogens with two attached hydrogens (primary N) is 1. The van der Waals surface area contributed by atoms with Crippen molar-refractivity contribution >= 4 is 16.8 Å². The number of nitrogens with zero attached hydrogens (tertiary/aromatic N) is 2. The van der Waals surface area contributed by atoms with E-state index >= 15 is 0 Å². The first-order valence-electron chi connectivity index (χ1n) is 7.68. The Morgan fingerprint density at radius 2 is 2.27 bits per heavy atom. The number of carbonyl (C=O) groups excluding carboxylic acids is 1. The van der Waals surface area contributed by atoms with Gasteiger partial charge in [-0.25, -0.2) is 0 Å². The second kappa shape index (κ2) is 5.96.